The van der Waals surface area contributed by atoms with E-state index in [-0.39, 0.29) is 0 Å². The maximum absolute atomic E-state index is 12.9. The molecule has 4 rings (SSSR count). The monoisotopic (exact) mass is 406 g/mol. The average Bonchev–Trinajstić information content (AvgIpc) is 3.24. The molecule has 0 aliphatic heterocycles. The third kappa shape index (κ3) is 3.78. The van der Waals surface area contributed by atoms with E-state index in [1.54, 1.807) is 25.3 Å². The summed E-state index contributed by atoms with van der Waals surface area (Å²) < 4.78 is 15.8. The Hall–Kier alpha value is -3.61. The van der Waals surface area contributed by atoms with Crippen molar-refractivity contribution in [3.05, 3.63) is 59.3 Å². The van der Waals surface area contributed by atoms with Crippen molar-refractivity contribution in [3.63, 3.8) is 0 Å². The molecule has 1 heterocycles. The summed E-state index contributed by atoms with van der Waals surface area (Å²) in [7, 11) is 3.05. The first-order valence-electron chi connectivity index (χ1n) is 9.70. The van der Waals surface area contributed by atoms with Crippen LogP contribution in [-0.2, 0) is 22.4 Å². The lowest BCUT2D eigenvalue weighted by Gasteiger charge is -2.13. The number of nitrogens with zero attached hydrogens (tertiary/aromatic N) is 1. The quantitative estimate of drug-likeness (QED) is 0.630. The van der Waals surface area contributed by atoms with Crippen LogP contribution in [-0.4, -0.2) is 37.7 Å². The lowest BCUT2D eigenvalue weighted by Crippen LogP contribution is -2.22. The van der Waals surface area contributed by atoms with Gasteiger partial charge in [-0.1, -0.05) is 18.2 Å². The molecule has 2 aromatic carbocycles. The minimum absolute atomic E-state index is 0.403. The lowest BCUT2D eigenvalue weighted by molar-refractivity contribution is -0.119. The summed E-state index contributed by atoms with van der Waals surface area (Å²) in [4.78, 5) is 30.0. The number of anilines is 1. The number of benzene rings is 2. The van der Waals surface area contributed by atoms with E-state index >= 15 is 0 Å². The number of fused-ring (bicyclic) bond motifs is 2. The molecule has 1 aliphatic carbocycles. The SMILES string of the molecule is COc1ccc(NC(=O)COC(=O)c2c3c(nc4ccccc24)CCC3)c(OC)c1. The van der Waals surface area contributed by atoms with E-state index < -0.39 is 18.5 Å². The molecule has 1 amide bonds. The Morgan fingerprint density at radius 1 is 1.07 bits per heavy atom. The third-order valence-electron chi connectivity index (χ3n) is 5.14. The van der Waals surface area contributed by atoms with Crippen LogP contribution in [0.25, 0.3) is 10.9 Å². The number of hydrogen-bond acceptors (Lipinski definition) is 6. The van der Waals surface area contributed by atoms with Crippen molar-refractivity contribution < 1.29 is 23.8 Å². The highest BCUT2D eigenvalue weighted by atomic mass is 16.5. The predicted octanol–water partition coefficient (Wildman–Crippen LogP) is 3.54. The van der Waals surface area contributed by atoms with Crippen molar-refractivity contribution >= 4 is 28.5 Å². The van der Waals surface area contributed by atoms with Crippen molar-refractivity contribution in [3.8, 4) is 11.5 Å². The molecular weight excluding hydrogens is 384 g/mol. The zero-order valence-corrected chi connectivity index (χ0v) is 16.9. The van der Waals surface area contributed by atoms with Crippen LogP contribution in [0, 0.1) is 0 Å². The molecule has 7 heteroatoms. The van der Waals surface area contributed by atoms with Gasteiger partial charge in [-0.3, -0.25) is 9.78 Å². The Kier molecular flexibility index (Phi) is 5.52. The normalized spacial score (nSPS) is 12.3. The molecule has 0 saturated heterocycles. The van der Waals surface area contributed by atoms with Crippen LogP contribution in [0.15, 0.2) is 42.5 Å². The lowest BCUT2D eigenvalue weighted by atomic mass is 10.0. The number of para-hydroxylation sites is 1. The number of pyridine rings is 1. The number of aryl methyl sites for hydroxylation is 1. The largest absolute Gasteiger partial charge is 0.497 e. The van der Waals surface area contributed by atoms with E-state index in [0.29, 0.717) is 22.7 Å². The molecule has 1 N–H and O–H groups in total. The molecule has 30 heavy (non-hydrogen) atoms. The van der Waals surface area contributed by atoms with Crippen LogP contribution < -0.4 is 14.8 Å². The van der Waals surface area contributed by atoms with Gasteiger partial charge in [-0.15, -0.1) is 0 Å². The average molecular weight is 406 g/mol. The number of ether oxygens (including phenoxy) is 3. The molecule has 0 radical (unpaired) electrons. The predicted molar refractivity (Wildman–Crippen MR) is 112 cm³/mol. The molecule has 154 valence electrons. The zero-order valence-electron chi connectivity index (χ0n) is 16.9. The molecule has 1 aromatic heterocycles. The first-order valence-corrected chi connectivity index (χ1v) is 9.70. The van der Waals surface area contributed by atoms with Gasteiger partial charge in [0.2, 0.25) is 0 Å². The summed E-state index contributed by atoms with van der Waals surface area (Å²) in [5, 5.41) is 3.45. The van der Waals surface area contributed by atoms with Gasteiger partial charge in [0, 0.05) is 17.1 Å². The molecule has 0 unspecified atom stereocenters. The molecule has 3 aromatic rings. The molecule has 0 bridgehead atoms. The Morgan fingerprint density at radius 3 is 2.70 bits per heavy atom. The van der Waals surface area contributed by atoms with E-state index in [1.165, 1.54) is 7.11 Å². The summed E-state index contributed by atoms with van der Waals surface area (Å²) in [5.41, 5.74) is 3.61. The van der Waals surface area contributed by atoms with Gasteiger partial charge in [-0.05, 0) is 43.0 Å². The van der Waals surface area contributed by atoms with Crippen molar-refractivity contribution in [1.82, 2.24) is 4.98 Å². The van der Waals surface area contributed by atoms with E-state index in [4.69, 9.17) is 14.2 Å². The highest BCUT2D eigenvalue weighted by Gasteiger charge is 2.25. The summed E-state index contributed by atoms with van der Waals surface area (Å²) in [6.07, 6.45) is 2.59. The topological polar surface area (TPSA) is 86.8 Å². The zero-order chi connectivity index (χ0) is 21.1. The molecule has 0 saturated carbocycles. The fourth-order valence-electron chi connectivity index (χ4n) is 3.74. The first-order chi connectivity index (χ1) is 14.6. The highest BCUT2D eigenvalue weighted by Crippen LogP contribution is 2.31. The van der Waals surface area contributed by atoms with Gasteiger partial charge in [0.25, 0.3) is 5.91 Å². The maximum Gasteiger partial charge on any atom is 0.339 e. The highest BCUT2D eigenvalue weighted by molar-refractivity contribution is 6.06. The number of nitrogens with one attached hydrogen (secondary N) is 1. The molecule has 0 fully saturated rings. The van der Waals surface area contributed by atoms with Crippen molar-refractivity contribution in [2.24, 2.45) is 0 Å². The van der Waals surface area contributed by atoms with Gasteiger partial charge in [-0.2, -0.15) is 0 Å². The Morgan fingerprint density at radius 2 is 1.90 bits per heavy atom. The van der Waals surface area contributed by atoms with Crippen LogP contribution in [0.3, 0.4) is 0 Å². The second-order valence-corrected chi connectivity index (χ2v) is 6.97. The number of carbonyl (C=O) groups is 2. The Labute approximate surface area is 174 Å². The number of hydrogen-bond donors (Lipinski definition) is 1. The van der Waals surface area contributed by atoms with Gasteiger partial charge < -0.3 is 19.5 Å². The second-order valence-electron chi connectivity index (χ2n) is 6.97. The standard InChI is InChI=1S/C23H22N2O5/c1-28-14-10-11-19(20(12-14)29-2)25-21(26)13-30-23(27)22-15-6-3-4-8-17(15)24-18-9-5-7-16(18)22/h3-4,6,8,10-12H,5,7,9,13H2,1-2H3,(H,25,26). The summed E-state index contributed by atoms with van der Waals surface area (Å²) >= 11 is 0. The molecular formula is C23H22N2O5. The minimum Gasteiger partial charge on any atom is -0.497 e. The van der Waals surface area contributed by atoms with Crippen molar-refractivity contribution in [2.45, 2.75) is 19.3 Å². The number of amides is 1. The van der Waals surface area contributed by atoms with Gasteiger partial charge in [-0.25, -0.2) is 4.79 Å². The second kappa shape index (κ2) is 8.41. The first kappa shape index (κ1) is 19.7. The van der Waals surface area contributed by atoms with Crippen LogP contribution in [0.2, 0.25) is 0 Å². The molecule has 0 spiro atoms. The number of aromatic nitrogens is 1. The Bertz CT molecular complexity index is 1130. The number of rotatable bonds is 6. The fraction of sp³-hybridized carbons (Fsp3) is 0.261. The van der Waals surface area contributed by atoms with E-state index in [0.717, 1.165) is 41.4 Å². The van der Waals surface area contributed by atoms with Gasteiger partial charge in [0.1, 0.15) is 11.5 Å². The maximum atomic E-state index is 12.9. The molecule has 0 atom stereocenters. The number of esters is 1. The van der Waals surface area contributed by atoms with Gasteiger partial charge in [0.15, 0.2) is 6.61 Å². The summed E-state index contributed by atoms with van der Waals surface area (Å²) in [6.45, 7) is -0.403. The fourth-order valence-corrected chi connectivity index (χ4v) is 3.74. The van der Waals surface area contributed by atoms with Crippen LogP contribution in [0.5, 0.6) is 11.5 Å². The van der Waals surface area contributed by atoms with Gasteiger partial charge >= 0.3 is 5.97 Å². The Balaban J connectivity index is 1.50. The summed E-state index contributed by atoms with van der Waals surface area (Å²) in [6, 6.07) is 12.5. The van der Waals surface area contributed by atoms with E-state index in [2.05, 4.69) is 10.3 Å². The number of methoxy groups -OCH3 is 2. The van der Waals surface area contributed by atoms with Crippen molar-refractivity contribution in [2.75, 3.05) is 26.1 Å². The molecule has 1 aliphatic rings. The van der Waals surface area contributed by atoms with Gasteiger partial charge in [0.05, 0.1) is 31.0 Å². The van der Waals surface area contributed by atoms with E-state index in [1.807, 2.05) is 24.3 Å². The van der Waals surface area contributed by atoms with Crippen LogP contribution in [0.4, 0.5) is 5.69 Å². The number of carbonyl (C=O) groups excluding carboxylic acids is 2. The van der Waals surface area contributed by atoms with Crippen LogP contribution in [0.1, 0.15) is 28.0 Å². The van der Waals surface area contributed by atoms with Crippen LogP contribution >= 0.6 is 0 Å². The van der Waals surface area contributed by atoms with E-state index in [9.17, 15) is 9.59 Å². The van der Waals surface area contributed by atoms with Crippen molar-refractivity contribution in [1.29, 1.82) is 0 Å². The third-order valence-corrected chi connectivity index (χ3v) is 5.14. The minimum atomic E-state index is -0.511. The molecule has 7 nitrogen and oxygen atoms in total. The summed E-state index contributed by atoms with van der Waals surface area (Å²) in [5.74, 6) is 0.0899. The smallest absolute Gasteiger partial charge is 0.339 e.